The Balaban J connectivity index is 0.00000144. The van der Waals surface area contributed by atoms with Crippen LogP contribution in [0.25, 0.3) is 0 Å². The van der Waals surface area contributed by atoms with Gasteiger partial charge in [0.2, 0.25) is 0 Å². The summed E-state index contributed by atoms with van der Waals surface area (Å²) in [5, 5.41) is 6.73. The standard InChI is InChI=1S/C12H23N3O.HI/c1-2-16-9-6-12(4-5-12)10-15-11-13-7-3-8-14-11;/h2-10H2,1H3,(H2,13,14,15);1H. The van der Waals surface area contributed by atoms with Crippen LogP contribution in [-0.4, -0.2) is 38.8 Å². The van der Waals surface area contributed by atoms with Crippen LogP contribution in [-0.2, 0) is 4.74 Å². The van der Waals surface area contributed by atoms with Crippen molar-refractivity contribution in [2.45, 2.75) is 32.6 Å². The van der Waals surface area contributed by atoms with Crippen molar-refractivity contribution in [2.75, 3.05) is 32.8 Å². The second kappa shape index (κ2) is 7.41. The van der Waals surface area contributed by atoms with E-state index in [4.69, 9.17) is 4.74 Å². The molecule has 0 radical (unpaired) electrons. The molecule has 5 heteroatoms. The summed E-state index contributed by atoms with van der Waals surface area (Å²) < 4.78 is 5.43. The lowest BCUT2D eigenvalue weighted by Crippen LogP contribution is -2.43. The van der Waals surface area contributed by atoms with Crippen molar-refractivity contribution in [1.29, 1.82) is 0 Å². The summed E-state index contributed by atoms with van der Waals surface area (Å²) in [4.78, 5) is 4.42. The normalized spacial score (nSPS) is 20.9. The highest BCUT2D eigenvalue weighted by atomic mass is 127. The maximum atomic E-state index is 5.43. The molecule has 0 aromatic heterocycles. The Morgan fingerprint density at radius 2 is 2.29 bits per heavy atom. The van der Waals surface area contributed by atoms with Crippen LogP contribution in [0, 0.1) is 5.41 Å². The van der Waals surface area contributed by atoms with Crippen molar-refractivity contribution in [3.8, 4) is 0 Å². The smallest absolute Gasteiger partial charge is 0.191 e. The number of guanidine groups is 1. The number of hydrogen-bond acceptors (Lipinski definition) is 4. The van der Waals surface area contributed by atoms with Gasteiger partial charge in [-0.15, -0.1) is 24.0 Å². The summed E-state index contributed by atoms with van der Waals surface area (Å²) in [6, 6.07) is 0. The number of aliphatic imine (C=N–C) groups is 1. The summed E-state index contributed by atoms with van der Waals surface area (Å²) in [6.45, 7) is 6.85. The highest BCUT2D eigenvalue weighted by Gasteiger charge is 2.41. The van der Waals surface area contributed by atoms with Crippen molar-refractivity contribution >= 4 is 29.9 Å². The SMILES string of the molecule is CCOCCC1(CNC2=NCCCN2)CC1.I. The van der Waals surface area contributed by atoms with Crippen LogP contribution in [0.15, 0.2) is 4.99 Å². The number of nitrogens with zero attached hydrogens (tertiary/aromatic N) is 1. The van der Waals surface area contributed by atoms with Gasteiger partial charge in [0.1, 0.15) is 0 Å². The lowest BCUT2D eigenvalue weighted by atomic mass is 10.0. The minimum atomic E-state index is 0. The summed E-state index contributed by atoms with van der Waals surface area (Å²) in [6.07, 6.45) is 5.00. The van der Waals surface area contributed by atoms with Crippen LogP contribution in [0.5, 0.6) is 0 Å². The van der Waals surface area contributed by atoms with Crippen LogP contribution in [0.3, 0.4) is 0 Å². The van der Waals surface area contributed by atoms with Crippen molar-refractivity contribution in [1.82, 2.24) is 10.6 Å². The Morgan fingerprint density at radius 3 is 2.88 bits per heavy atom. The zero-order valence-electron chi connectivity index (χ0n) is 10.6. The molecule has 0 amide bonds. The van der Waals surface area contributed by atoms with Gasteiger partial charge in [0.05, 0.1) is 0 Å². The summed E-state index contributed by atoms with van der Waals surface area (Å²) in [7, 11) is 0. The topological polar surface area (TPSA) is 45.6 Å². The van der Waals surface area contributed by atoms with E-state index in [-0.39, 0.29) is 24.0 Å². The second-order valence-electron chi connectivity index (χ2n) is 4.81. The predicted molar refractivity (Wildman–Crippen MR) is 81.1 cm³/mol. The highest BCUT2D eigenvalue weighted by Crippen LogP contribution is 2.48. The molecule has 0 spiro atoms. The van der Waals surface area contributed by atoms with Gasteiger partial charge in [-0.3, -0.25) is 4.99 Å². The van der Waals surface area contributed by atoms with E-state index in [1.54, 1.807) is 0 Å². The van der Waals surface area contributed by atoms with Gasteiger partial charge in [-0.2, -0.15) is 0 Å². The van der Waals surface area contributed by atoms with Crippen LogP contribution in [0.2, 0.25) is 0 Å². The zero-order valence-corrected chi connectivity index (χ0v) is 13.0. The van der Waals surface area contributed by atoms with Crippen LogP contribution in [0.4, 0.5) is 0 Å². The third-order valence-electron chi connectivity index (χ3n) is 3.47. The van der Waals surface area contributed by atoms with Crippen molar-refractivity contribution in [3.63, 3.8) is 0 Å². The molecule has 1 aliphatic heterocycles. The highest BCUT2D eigenvalue weighted by molar-refractivity contribution is 14.0. The summed E-state index contributed by atoms with van der Waals surface area (Å²) in [5.41, 5.74) is 0.497. The van der Waals surface area contributed by atoms with E-state index in [0.717, 1.165) is 45.2 Å². The first-order chi connectivity index (χ1) is 7.85. The Hall–Kier alpha value is -0.0400. The molecule has 1 saturated carbocycles. The molecule has 0 aromatic carbocycles. The van der Waals surface area contributed by atoms with Gasteiger partial charge in [0, 0.05) is 32.8 Å². The van der Waals surface area contributed by atoms with E-state index >= 15 is 0 Å². The van der Waals surface area contributed by atoms with Gasteiger partial charge in [-0.25, -0.2) is 0 Å². The summed E-state index contributed by atoms with van der Waals surface area (Å²) >= 11 is 0. The first-order valence-corrected chi connectivity index (χ1v) is 6.45. The lowest BCUT2D eigenvalue weighted by Gasteiger charge is -2.20. The van der Waals surface area contributed by atoms with Crippen molar-refractivity contribution < 1.29 is 4.74 Å². The minimum Gasteiger partial charge on any atom is -0.382 e. The average Bonchev–Trinajstić information content (AvgIpc) is 3.09. The molecule has 0 aromatic rings. The maximum Gasteiger partial charge on any atom is 0.191 e. The lowest BCUT2D eigenvalue weighted by molar-refractivity contribution is 0.128. The molecule has 1 heterocycles. The fourth-order valence-corrected chi connectivity index (χ4v) is 2.05. The number of halogens is 1. The van der Waals surface area contributed by atoms with E-state index < -0.39 is 0 Å². The fourth-order valence-electron chi connectivity index (χ4n) is 2.05. The van der Waals surface area contributed by atoms with Crippen molar-refractivity contribution in [3.05, 3.63) is 0 Å². The molecule has 0 bridgehead atoms. The van der Waals surface area contributed by atoms with Crippen molar-refractivity contribution in [2.24, 2.45) is 10.4 Å². The Morgan fingerprint density at radius 1 is 1.47 bits per heavy atom. The molecule has 2 N–H and O–H groups in total. The van der Waals surface area contributed by atoms with Gasteiger partial charge >= 0.3 is 0 Å². The molecule has 2 aliphatic rings. The third kappa shape index (κ3) is 4.99. The molecule has 2 rings (SSSR count). The number of hydrogen-bond donors (Lipinski definition) is 2. The largest absolute Gasteiger partial charge is 0.382 e. The predicted octanol–water partition coefficient (Wildman–Crippen LogP) is 1.75. The number of nitrogens with one attached hydrogen (secondary N) is 2. The molecule has 1 aliphatic carbocycles. The van der Waals surface area contributed by atoms with Crippen LogP contribution in [0.1, 0.15) is 32.6 Å². The monoisotopic (exact) mass is 353 g/mol. The molecule has 1 fully saturated rings. The minimum absolute atomic E-state index is 0. The molecular weight excluding hydrogens is 329 g/mol. The molecule has 0 saturated heterocycles. The van der Waals surface area contributed by atoms with E-state index in [1.165, 1.54) is 19.3 Å². The summed E-state index contributed by atoms with van der Waals surface area (Å²) in [5.74, 6) is 0.994. The quantitative estimate of drug-likeness (QED) is 0.565. The zero-order chi connectivity index (χ0) is 11.3. The third-order valence-corrected chi connectivity index (χ3v) is 3.47. The Bertz CT molecular complexity index is 254. The maximum absolute atomic E-state index is 5.43. The molecule has 4 nitrogen and oxygen atoms in total. The first kappa shape index (κ1) is 15.0. The van der Waals surface area contributed by atoms with E-state index in [1.807, 2.05) is 0 Å². The van der Waals surface area contributed by atoms with Gasteiger partial charge in [-0.05, 0) is 38.0 Å². The van der Waals surface area contributed by atoms with Gasteiger partial charge in [0.25, 0.3) is 0 Å². The number of ether oxygens (including phenoxy) is 1. The fraction of sp³-hybridized carbons (Fsp3) is 0.917. The van der Waals surface area contributed by atoms with Gasteiger partial charge in [-0.1, -0.05) is 0 Å². The molecule has 0 atom stereocenters. The Kier molecular flexibility index (Phi) is 6.54. The Labute approximate surface area is 121 Å². The van der Waals surface area contributed by atoms with E-state index in [9.17, 15) is 0 Å². The van der Waals surface area contributed by atoms with Crippen LogP contribution >= 0.6 is 24.0 Å². The van der Waals surface area contributed by atoms with Gasteiger partial charge in [0.15, 0.2) is 5.96 Å². The van der Waals surface area contributed by atoms with Crippen LogP contribution < -0.4 is 10.6 Å². The average molecular weight is 353 g/mol. The second-order valence-corrected chi connectivity index (χ2v) is 4.81. The molecular formula is C12H24IN3O. The van der Waals surface area contributed by atoms with Gasteiger partial charge < -0.3 is 15.4 Å². The molecule has 100 valence electrons. The number of rotatable bonds is 6. The first-order valence-electron chi connectivity index (χ1n) is 6.45. The van der Waals surface area contributed by atoms with E-state index in [2.05, 4.69) is 22.5 Å². The van der Waals surface area contributed by atoms with E-state index in [0.29, 0.717) is 5.41 Å². The molecule has 0 unspecified atom stereocenters. The molecule has 17 heavy (non-hydrogen) atoms.